The summed E-state index contributed by atoms with van der Waals surface area (Å²) >= 11 is 0. The number of nitrogens with zero attached hydrogens (tertiary/aromatic N) is 1. The van der Waals surface area contributed by atoms with Gasteiger partial charge in [-0.3, -0.25) is 9.52 Å². The van der Waals surface area contributed by atoms with Gasteiger partial charge >= 0.3 is 0 Å². The van der Waals surface area contributed by atoms with Gasteiger partial charge < -0.3 is 4.90 Å². The number of carbonyl (C=O) groups excluding carboxylic acids is 1. The van der Waals surface area contributed by atoms with E-state index in [-0.39, 0.29) is 16.8 Å². The van der Waals surface area contributed by atoms with Crippen LogP contribution in [0.5, 0.6) is 0 Å². The lowest BCUT2D eigenvalue weighted by atomic mass is 9.94. The highest BCUT2D eigenvalue weighted by atomic mass is 32.2. The molecule has 1 saturated carbocycles. The van der Waals surface area contributed by atoms with Gasteiger partial charge in [-0.25, -0.2) is 8.42 Å². The molecule has 0 spiro atoms. The second kappa shape index (κ2) is 8.57. The molecule has 5 nitrogen and oxygen atoms in total. The number of rotatable bonds is 5. The molecule has 0 saturated heterocycles. The number of nitrogens with one attached hydrogen (secondary N) is 1. The van der Waals surface area contributed by atoms with Gasteiger partial charge in [-0.05, 0) is 62.9 Å². The van der Waals surface area contributed by atoms with Crippen molar-refractivity contribution in [3.63, 3.8) is 0 Å². The average Bonchev–Trinajstić information content (AvgIpc) is 2.70. The smallest absolute Gasteiger partial charge is 0.262 e. The van der Waals surface area contributed by atoms with Crippen molar-refractivity contribution in [1.29, 1.82) is 0 Å². The molecular weight excluding hydrogens is 384 g/mol. The number of amides is 1. The standard InChI is InChI=1S/C23H30N2O3S/c1-16-10-13-21(18(3)14-16)24-29(27,28)22-15-19(12-11-17(22)2)23(26)25(4)20-8-6-5-7-9-20/h10-15,20,24H,5-9H2,1-4H3. The third-order valence-corrected chi connectivity index (χ3v) is 7.30. The van der Waals surface area contributed by atoms with Crippen molar-refractivity contribution in [3.05, 3.63) is 58.7 Å². The lowest BCUT2D eigenvalue weighted by molar-refractivity contribution is 0.0696. The predicted octanol–water partition coefficient (Wildman–Crippen LogP) is 4.82. The maximum atomic E-state index is 13.1. The average molecular weight is 415 g/mol. The first-order valence-corrected chi connectivity index (χ1v) is 11.7. The molecule has 0 atom stereocenters. The summed E-state index contributed by atoms with van der Waals surface area (Å²) in [7, 11) is -1.99. The van der Waals surface area contributed by atoms with Crippen molar-refractivity contribution in [2.24, 2.45) is 0 Å². The van der Waals surface area contributed by atoms with Gasteiger partial charge in [-0.1, -0.05) is 43.0 Å². The second-order valence-electron chi connectivity index (χ2n) is 8.11. The Morgan fingerprint density at radius 1 is 0.966 bits per heavy atom. The Labute approximate surface area is 174 Å². The summed E-state index contributed by atoms with van der Waals surface area (Å²) in [6, 6.07) is 10.7. The van der Waals surface area contributed by atoms with Gasteiger partial charge in [0.2, 0.25) is 0 Å². The maximum absolute atomic E-state index is 13.1. The van der Waals surface area contributed by atoms with E-state index < -0.39 is 10.0 Å². The Kier molecular flexibility index (Phi) is 6.32. The number of sulfonamides is 1. The molecular formula is C23H30N2O3S. The normalized spacial score (nSPS) is 15.2. The number of hydrogen-bond donors (Lipinski definition) is 1. The second-order valence-corrected chi connectivity index (χ2v) is 9.76. The van der Waals surface area contributed by atoms with Crippen molar-refractivity contribution in [2.75, 3.05) is 11.8 Å². The maximum Gasteiger partial charge on any atom is 0.262 e. The van der Waals surface area contributed by atoms with Gasteiger partial charge in [-0.15, -0.1) is 0 Å². The van der Waals surface area contributed by atoms with Gasteiger partial charge in [0.05, 0.1) is 10.6 Å². The van der Waals surface area contributed by atoms with Crippen LogP contribution in [-0.4, -0.2) is 32.3 Å². The summed E-state index contributed by atoms with van der Waals surface area (Å²) in [4.78, 5) is 14.9. The quantitative estimate of drug-likeness (QED) is 0.763. The minimum atomic E-state index is -3.81. The monoisotopic (exact) mass is 414 g/mol. The Morgan fingerprint density at radius 3 is 2.31 bits per heavy atom. The topological polar surface area (TPSA) is 66.5 Å². The Hall–Kier alpha value is -2.34. The molecule has 29 heavy (non-hydrogen) atoms. The van der Waals surface area contributed by atoms with Crippen molar-refractivity contribution in [2.45, 2.75) is 63.8 Å². The lowest BCUT2D eigenvalue weighted by Gasteiger charge is -2.31. The Bertz CT molecular complexity index is 1010. The number of carbonyl (C=O) groups is 1. The van der Waals surface area contributed by atoms with Gasteiger partial charge in [-0.2, -0.15) is 0 Å². The zero-order valence-electron chi connectivity index (χ0n) is 17.7. The Morgan fingerprint density at radius 2 is 1.66 bits per heavy atom. The summed E-state index contributed by atoms with van der Waals surface area (Å²) in [5.41, 5.74) is 3.49. The molecule has 0 heterocycles. The van der Waals surface area contributed by atoms with E-state index in [4.69, 9.17) is 0 Å². The SMILES string of the molecule is Cc1ccc(NS(=O)(=O)c2cc(C(=O)N(C)C3CCCCC3)ccc2C)c(C)c1. The van der Waals surface area contributed by atoms with Crippen molar-refractivity contribution < 1.29 is 13.2 Å². The van der Waals surface area contributed by atoms with Gasteiger partial charge in [0.15, 0.2) is 0 Å². The molecule has 1 aliphatic rings. The summed E-state index contributed by atoms with van der Waals surface area (Å²) in [5, 5.41) is 0. The van der Waals surface area contributed by atoms with Crippen LogP contribution in [0.2, 0.25) is 0 Å². The molecule has 1 amide bonds. The molecule has 156 valence electrons. The number of anilines is 1. The van der Waals surface area contributed by atoms with Crippen LogP contribution >= 0.6 is 0 Å². The van der Waals surface area contributed by atoms with E-state index in [0.717, 1.165) is 36.8 Å². The van der Waals surface area contributed by atoms with Crippen molar-refractivity contribution >= 4 is 21.6 Å². The van der Waals surface area contributed by atoms with E-state index in [0.29, 0.717) is 16.8 Å². The molecule has 0 unspecified atom stereocenters. The van der Waals surface area contributed by atoms with Crippen LogP contribution in [0, 0.1) is 20.8 Å². The first kappa shape index (κ1) is 21.4. The molecule has 0 radical (unpaired) electrons. The number of hydrogen-bond acceptors (Lipinski definition) is 3. The lowest BCUT2D eigenvalue weighted by Crippen LogP contribution is -2.38. The summed E-state index contributed by atoms with van der Waals surface area (Å²) in [6.07, 6.45) is 5.50. The van der Waals surface area contributed by atoms with Crippen LogP contribution < -0.4 is 4.72 Å². The summed E-state index contributed by atoms with van der Waals surface area (Å²) < 4.78 is 28.8. The molecule has 1 N–H and O–H groups in total. The molecule has 2 aromatic rings. The largest absolute Gasteiger partial charge is 0.339 e. The zero-order chi connectivity index (χ0) is 21.2. The number of aryl methyl sites for hydroxylation is 3. The van der Waals surface area contributed by atoms with Crippen LogP contribution in [-0.2, 0) is 10.0 Å². The van der Waals surface area contributed by atoms with Gasteiger partial charge in [0, 0.05) is 18.7 Å². The van der Waals surface area contributed by atoms with E-state index in [9.17, 15) is 13.2 Å². The van der Waals surface area contributed by atoms with E-state index in [1.807, 2.05) is 33.0 Å². The summed E-state index contributed by atoms with van der Waals surface area (Å²) in [6.45, 7) is 5.58. The third kappa shape index (κ3) is 4.81. The van der Waals surface area contributed by atoms with Crippen molar-refractivity contribution in [3.8, 4) is 0 Å². The van der Waals surface area contributed by atoms with E-state index in [1.54, 1.807) is 30.0 Å². The molecule has 2 aromatic carbocycles. The summed E-state index contributed by atoms with van der Waals surface area (Å²) in [5.74, 6) is -0.125. The fourth-order valence-corrected chi connectivity index (χ4v) is 5.39. The van der Waals surface area contributed by atoms with E-state index >= 15 is 0 Å². The molecule has 6 heteroatoms. The predicted molar refractivity (Wildman–Crippen MR) is 117 cm³/mol. The molecule has 1 aliphatic carbocycles. The van der Waals surface area contributed by atoms with Crippen LogP contribution in [0.15, 0.2) is 41.3 Å². The highest BCUT2D eigenvalue weighted by Crippen LogP contribution is 2.26. The minimum absolute atomic E-state index is 0.125. The zero-order valence-corrected chi connectivity index (χ0v) is 18.5. The van der Waals surface area contributed by atoms with Gasteiger partial charge in [0.25, 0.3) is 15.9 Å². The third-order valence-electron chi connectivity index (χ3n) is 5.79. The van der Waals surface area contributed by atoms with E-state index in [2.05, 4.69) is 4.72 Å². The van der Waals surface area contributed by atoms with Crippen LogP contribution in [0.3, 0.4) is 0 Å². The number of benzene rings is 2. The first-order valence-electron chi connectivity index (χ1n) is 10.2. The van der Waals surface area contributed by atoms with Gasteiger partial charge in [0.1, 0.15) is 0 Å². The highest BCUT2D eigenvalue weighted by Gasteiger charge is 2.25. The molecule has 1 fully saturated rings. The van der Waals surface area contributed by atoms with Crippen LogP contribution in [0.1, 0.15) is 59.2 Å². The van der Waals surface area contributed by atoms with Crippen LogP contribution in [0.25, 0.3) is 0 Å². The van der Waals surface area contributed by atoms with E-state index in [1.165, 1.54) is 12.5 Å². The fraction of sp³-hybridized carbons (Fsp3) is 0.435. The first-order chi connectivity index (χ1) is 13.7. The molecule has 0 aliphatic heterocycles. The molecule has 3 rings (SSSR count). The van der Waals surface area contributed by atoms with Crippen LogP contribution in [0.4, 0.5) is 5.69 Å². The minimum Gasteiger partial charge on any atom is -0.339 e. The Balaban J connectivity index is 1.88. The fourth-order valence-electron chi connectivity index (χ4n) is 3.99. The molecule has 0 aromatic heterocycles. The highest BCUT2D eigenvalue weighted by molar-refractivity contribution is 7.92. The van der Waals surface area contributed by atoms with Crippen molar-refractivity contribution in [1.82, 2.24) is 4.90 Å². The molecule has 0 bridgehead atoms.